The van der Waals surface area contributed by atoms with Crippen LogP contribution in [-0.2, 0) is 27.6 Å². The minimum absolute atomic E-state index is 0.00231. The summed E-state index contributed by atoms with van der Waals surface area (Å²) >= 11 is 0. The van der Waals surface area contributed by atoms with Crippen molar-refractivity contribution >= 4 is 32.9 Å². The van der Waals surface area contributed by atoms with E-state index in [1.54, 1.807) is 18.2 Å². The number of nitrogens with zero attached hydrogens (tertiary/aromatic N) is 2. The molecule has 0 unspecified atom stereocenters. The summed E-state index contributed by atoms with van der Waals surface area (Å²) in [5, 5.41) is 0. The first-order valence-electron chi connectivity index (χ1n) is 11.6. The quantitative estimate of drug-likeness (QED) is 0.346. The Morgan fingerprint density at radius 3 is 2.33 bits per heavy atom. The fourth-order valence-electron chi connectivity index (χ4n) is 3.86. The number of benzene rings is 3. The zero-order chi connectivity index (χ0) is 25.9. The first-order chi connectivity index (χ1) is 17.2. The number of nitrogens with one attached hydrogen (secondary N) is 1. The van der Waals surface area contributed by atoms with Gasteiger partial charge in [-0.1, -0.05) is 36.8 Å². The van der Waals surface area contributed by atoms with Crippen molar-refractivity contribution < 1.29 is 22.7 Å². The van der Waals surface area contributed by atoms with Gasteiger partial charge in [-0.2, -0.15) is 0 Å². The molecule has 0 aliphatic heterocycles. The molecule has 3 aromatic carbocycles. The predicted molar refractivity (Wildman–Crippen MR) is 137 cm³/mol. The number of hydrogen-bond acceptors (Lipinski definition) is 6. The van der Waals surface area contributed by atoms with Gasteiger partial charge >= 0.3 is 6.09 Å². The van der Waals surface area contributed by atoms with E-state index in [1.165, 1.54) is 19.1 Å². The van der Waals surface area contributed by atoms with Crippen molar-refractivity contribution in [3.8, 4) is 5.69 Å². The van der Waals surface area contributed by atoms with E-state index in [4.69, 9.17) is 9.72 Å². The van der Waals surface area contributed by atoms with Crippen LogP contribution >= 0.6 is 0 Å². The van der Waals surface area contributed by atoms with Crippen LogP contribution < -0.4 is 4.72 Å². The molecule has 0 bridgehead atoms. The fourth-order valence-corrected chi connectivity index (χ4v) is 4.75. The van der Waals surface area contributed by atoms with Gasteiger partial charge in [0.2, 0.25) is 0 Å². The second kappa shape index (κ2) is 10.3. The second-order valence-corrected chi connectivity index (χ2v) is 10.1. The maximum Gasteiger partial charge on any atom is 0.421 e. The molecular formula is C27H27N3O5S. The predicted octanol–water partition coefficient (Wildman–Crippen LogP) is 4.76. The highest BCUT2D eigenvalue weighted by atomic mass is 32.2. The summed E-state index contributed by atoms with van der Waals surface area (Å²) in [6.07, 6.45) is 0.126. The molecule has 0 aliphatic carbocycles. The molecular weight excluding hydrogens is 478 g/mol. The standard InChI is InChI=1S/C27H27N3O5S/c1-4-26-28-24-17-21(19(3)31)9-14-25(24)30(26)22-10-7-20(8-11-22)15-16-35-27(32)29-36(33,34)23-12-5-18(2)6-13-23/h5-14,17H,4,15-16H2,1-3H3,(H,29,32). The number of sulfonamides is 1. The number of ether oxygens (including phenoxy) is 1. The maximum absolute atomic E-state index is 12.3. The molecule has 1 amide bonds. The van der Waals surface area contributed by atoms with E-state index in [2.05, 4.69) is 4.57 Å². The highest BCUT2D eigenvalue weighted by molar-refractivity contribution is 7.90. The normalized spacial score (nSPS) is 11.4. The summed E-state index contributed by atoms with van der Waals surface area (Å²) in [5.41, 5.74) is 5.08. The molecule has 4 rings (SSSR count). The topological polar surface area (TPSA) is 107 Å². The molecule has 4 aromatic rings. The molecule has 0 saturated heterocycles. The Morgan fingerprint density at radius 1 is 1.00 bits per heavy atom. The number of imidazole rings is 1. The van der Waals surface area contributed by atoms with Crippen LogP contribution in [0.1, 0.15) is 41.2 Å². The van der Waals surface area contributed by atoms with Crippen LogP contribution in [0.25, 0.3) is 16.7 Å². The number of aryl methyl sites for hydroxylation is 2. The minimum Gasteiger partial charge on any atom is -0.448 e. The molecule has 9 heteroatoms. The van der Waals surface area contributed by atoms with Crippen LogP contribution in [0.5, 0.6) is 0 Å². The number of carbonyl (C=O) groups is 2. The van der Waals surface area contributed by atoms with Gasteiger partial charge in [0.15, 0.2) is 5.78 Å². The van der Waals surface area contributed by atoms with Crippen LogP contribution in [-0.4, -0.2) is 36.5 Å². The van der Waals surface area contributed by atoms with E-state index in [9.17, 15) is 18.0 Å². The number of Topliss-reactive ketones (excluding diaryl/α,β-unsaturated/α-hetero) is 1. The van der Waals surface area contributed by atoms with Gasteiger partial charge < -0.3 is 4.74 Å². The average molecular weight is 506 g/mol. The minimum atomic E-state index is -3.99. The van der Waals surface area contributed by atoms with E-state index in [0.29, 0.717) is 12.0 Å². The monoisotopic (exact) mass is 505 g/mol. The van der Waals surface area contributed by atoms with Gasteiger partial charge in [-0.15, -0.1) is 0 Å². The Bertz CT molecular complexity index is 1520. The molecule has 0 radical (unpaired) electrons. The Hall–Kier alpha value is -3.98. The summed E-state index contributed by atoms with van der Waals surface area (Å²) in [6.45, 7) is 5.43. The maximum atomic E-state index is 12.3. The van der Waals surface area contributed by atoms with E-state index >= 15 is 0 Å². The van der Waals surface area contributed by atoms with Crippen molar-refractivity contribution in [1.82, 2.24) is 14.3 Å². The Kier molecular flexibility index (Phi) is 7.21. The highest BCUT2D eigenvalue weighted by Crippen LogP contribution is 2.24. The first kappa shape index (κ1) is 25.1. The zero-order valence-corrected chi connectivity index (χ0v) is 21.1. The van der Waals surface area contributed by atoms with Crippen molar-refractivity contribution in [2.45, 2.75) is 38.5 Å². The summed E-state index contributed by atoms with van der Waals surface area (Å²) in [6, 6.07) is 19.5. The van der Waals surface area contributed by atoms with Gasteiger partial charge in [-0.25, -0.2) is 22.9 Å². The summed E-state index contributed by atoms with van der Waals surface area (Å²) < 4.78 is 33.7. The third-order valence-electron chi connectivity index (χ3n) is 5.81. The smallest absolute Gasteiger partial charge is 0.421 e. The van der Waals surface area contributed by atoms with Gasteiger partial charge in [0.25, 0.3) is 10.0 Å². The SMILES string of the molecule is CCc1nc2cc(C(C)=O)ccc2n1-c1ccc(CCOC(=O)NS(=O)(=O)c2ccc(C)cc2)cc1. The van der Waals surface area contributed by atoms with Crippen LogP contribution in [0, 0.1) is 6.92 Å². The molecule has 8 nitrogen and oxygen atoms in total. The Balaban J connectivity index is 1.40. The van der Waals surface area contributed by atoms with E-state index < -0.39 is 16.1 Å². The molecule has 0 fully saturated rings. The van der Waals surface area contributed by atoms with Gasteiger partial charge in [0.05, 0.1) is 22.5 Å². The summed E-state index contributed by atoms with van der Waals surface area (Å²) in [7, 11) is -3.99. The lowest BCUT2D eigenvalue weighted by Gasteiger charge is -2.10. The van der Waals surface area contributed by atoms with Crippen molar-refractivity contribution in [2.75, 3.05) is 6.61 Å². The number of aromatic nitrogens is 2. The lowest BCUT2D eigenvalue weighted by molar-refractivity contribution is 0.101. The van der Waals surface area contributed by atoms with Crippen LogP contribution in [0.3, 0.4) is 0 Å². The number of fused-ring (bicyclic) bond motifs is 1. The van der Waals surface area contributed by atoms with Crippen molar-refractivity contribution in [2.24, 2.45) is 0 Å². The van der Waals surface area contributed by atoms with Crippen LogP contribution in [0.2, 0.25) is 0 Å². The van der Waals surface area contributed by atoms with Crippen LogP contribution in [0.4, 0.5) is 4.79 Å². The summed E-state index contributed by atoms with van der Waals surface area (Å²) in [4.78, 5) is 28.4. The molecule has 1 aromatic heterocycles. The van der Waals surface area contributed by atoms with Gasteiger partial charge in [-0.05, 0) is 61.9 Å². The van der Waals surface area contributed by atoms with Crippen molar-refractivity contribution in [3.05, 3.63) is 89.2 Å². The third-order valence-corrected chi connectivity index (χ3v) is 7.14. The molecule has 0 spiro atoms. The molecule has 0 saturated carbocycles. The Morgan fingerprint density at radius 2 is 1.69 bits per heavy atom. The van der Waals surface area contributed by atoms with Gasteiger partial charge in [0, 0.05) is 24.1 Å². The number of carbonyl (C=O) groups excluding carboxylic acids is 2. The number of hydrogen-bond donors (Lipinski definition) is 1. The third kappa shape index (κ3) is 5.46. The van der Waals surface area contributed by atoms with E-state index in [-0.39, 0.29) is 17.3 Å². The fraction of sp³-hybridized carbons (Fsp3) is 0.222. The lowest BCUT2D eigenvalue weighted by atomic mass is 10.1. The number of amides is 1. The van der Waals surface area contributed by atoms with Crippen molar-refractivity contribution in [1.29, 1.82) is 0 Å². The first-order valence-corrected chi connectivity index (χ1v) is 13.0. The molecule has 186 valence electrons. The molecule has 1 N–H and O–H groups in total. The van der Waals surface area contributed by atoms with Gasteiger partial charge in [0.1, 0.15) is 5.82 Å². The largest absolute Gasteiger partial charge is 0.448 e. The molecule has 0 aliphatic rings. The lowest BCUT2D eigenvalue weighted by Crippen LogP contribution is -2.31. The molecule has 36 heavy (non-hydrogen) atoms. The van der Waals surface area contributed by atoms with Crippen LogP contribution in [0.15, 0.2) is 71.6 Å². The van der Waals surface area contributed by atoms with Gasteiger partial charge in [-0.3, -0.25) is 9.36 Å². The van der Waals surface area contributed by atoms with E-state index in [0.717, 1.165) is 40.1 Å². The van der Waals surface area contributed by atoms with E-state index in [1.807, 2.05) is 55.0 Å². The zero-order valence-electron chi connectivity index (χ0n) is 20.3. The average Bonchev–Trinajstić information content (AvgIpc) is 3.22. The number of rotatable bonds is 8. The summed E-state index contributed by atoms with van der Waals surface area (Å²) in [5.74, 6) is 0.880. The second-order valence-electron chi connectivity index (χ2n) is 8.45. The molecule has 1 heterocycles. The molecule has 0 atom stereocenters. The Labute approximate surface area is 210 Å². The van der Waals surface area contributed by atoms with Crippen molar-refractivity contribution in [3.63, 3.8) is 0 Å². The number of ketones is 1. The highest BCUT2D eigenvalue weighted by Gasteiger charge is 2.18.